The number of hydrogen-bond donors (Lipinski definition) is 1. The Morgan fingerprint density at radius 3 is 2.61 bits per heavy atom. The molecule has 0 heterocycles. The van der Waals surface area contributed by atoms with Crippen molar-refractivity contribution in [2.75, 3.05) is 12.9 Å². The van der Waals surface area contributed by atoms with Crippen LogP contribution in [0, 0.1) is 5.92 Å². The molecule has 1 saturated carbocycles. The fourth-order valence-corrected chi connectivity index (χ4v) is 2.70. The predicted octanol–water partition coefficient (Wildman–Crippen LogP) is 4.13. The van der Waals surface area contributed by atoms with Crippen molar-refractivity contribution in [3.63, 3.8) is 0 Å². The first-order chi connectivity index (χ1) is 11.3. The van der Waals surface area contributed by atoms with E-state index in [1.807, 2.05) is 36.4 Å². The summed E-state index contributed by atoms with van der Waals surface area (Å²) >= 11 is 1.71. The van der Waals surface area contributed by atoms with Gasteiger partial charge in [0, 0.05) is 11.4 Å². The topological polar surface area (TPSA) is 38.3 Å². The minimum atomic E-state index is -0.0923. The average Bonchev–Trinajstić information content (AvgIpc) is 3.43. The lowest BCUT2D eigenvalue weighted by atomic mass is 10.1. The van der Waals surface area contributed by atoms with Crippen LogP contribution in [0.1, 0.15) is 28.8 Å². The Morgan fingerprint density at radius 1 is 1.17 bits per heavy atom. The van der Waals surface area contributed by atoms with Gasteiger partial charge in [0.05, 0.1) is 12.2 Å². The second-order valence-electron chi connectivity index (χ2n) is 5.78. The van der Waals surface area contributed by atoms with Crippen molar-refractivity contribution < 1.29 is 9.53 Å². The Balaban J connectivity index is 1.60. The molecule has 1 aliphatic carbocycles. The number of ether oxygens (including phenoxy) is 1. The highest BCUT2D eigenvalue weighted by Gasteiger charge is 2.23. The third kappa shape index (κ3) is 4.52. The second-order valence-corrected chi connectivity index (χ2v) is 6.66. The first-order valence-electron chi connectivity index (χ1n) is 7.89. The quantitative estimate of drug-likeness (QED) is 0.777. The summed E-state index contributed by atoms with van der Waals surface area (Å²) in [4.78, 5) is 13.6. The van der Waals surface area contributed by atoms with Crippen LogP contribution in [-0.4, -0.2) is 18.8 Å². The number of amides is 1. The molecule has 2 aromatic carbocycles. The highest BCUT2D eigenvalue weighted by molar-refractivity contribution is 7.98. The van der Waals surface area contributed by atoms with Gasteiger partial charge >= 0.3 is 0 Å². The van der Waals surface area contributed by atoms with E-state index in [0.29, 0.717) is 30.4 Å². The van der Waals surface area contributed by atoms with E-state index >= 15 is 0 Å². The fraction of sp³-hybridized carbons (Fsp3) is 0.316. The first-order valence-corrected chi connectivity index (χ1v) is 9.11. The zero-order valence-corrected chi connectivity index (χ0v) is 14.1. The van der Waals surface area contributed by atoms with Gasteiger partial charge in [-0.2, -0.15) is 0 Å². The lowest BCUT2D eigenvalue weighted by Gasteiger charge is -2.11. The van der Waals surface area contributed by atoms with Crippen molar-refractivity contribution >= 4 is 17.7 Å². The fourth-order valence-electron chi connectivity index (χ4n) is 2.29. The molecule has 3 nitrogen and oxygen atoms in total. The first kappa shape index (κ1) is 15.9. The smallest absolute Gasteiger partial charge is 0.255 e. The molecule has 1 N–H and O–H groups in total. The molecule has 1 fully saturated rings. The van der Waals surface area contributed by atoms with Crippen molar-refractivity contribution in [2.24, 2.45) is 5.92 Å². The highest BCUT2D eigenvalue weighted by Crippen LogP contribution is 2.30. The molecule has 1 amide bonds. The summed E-state index contributed by atoms with van der Waals surface area (Å²) in [6, 6.07) is 15.7. The molecule has 0 radical (unpaired) electrons. The summed E-state index contributed by atoms with van der Waals surface area (Å²) in [6.07, 6.45) is 4.52. The van der Waals surface area contributed by atoms with Crippen molar-refractivity contribution in [1.29, 1.82) is 0 Å². The monoisotopic (exact) mass is 327 g/mol. The molecular formula is C19H21NO2S. The van der Waals surface area contributed by atoms with Gasteiger partial charge in [-0.3, -0.25) is 4.79 Å². The van der Waals surface area contributed by atoms with Crippen LogP contribution in [0.25, 0.3) is 0 Å². The third-order valence-corrected chi connectivity index (χ3v) is 4.66. The molecule has 0 aromatic heterocycles. The zero-order chi connectivity index (χ0) is 16.1. The summed E-state index contributed by atoms with van der Waals surface area (Å²) < 4.78 is 5.80. The summed E-state index contributed by atoms with van der Waals surface area (Å²) in [6.45, 7) is 1.23. The van der Waals surface area contributed by atoms with Crippen LogP contribution in [0.5, 0.6) is 5.75 Å². The van der Waals surface area contributed by atoms with Crippen LogP contribution in [0.4, 0.5) is 0 Å². The van der Waals surface area contributed by atoms with Crippen LogP contribution in [0.3, 0.4) is 0 Å². The molecule has 0 bridgehead atoms. The Hall–Kier alpha value is -1.94. The Bertz CT molecular complexity index is 665. The Labute approximate surface area is 141 Å². The van der Waals surface area contributed by atoms with Gasteiger partial charge in [0.15, 0.2) is 0 Å². The third-order valence-electron chi connectivity index (χ3n) is 3.92. The number of rotatable bonds is 7. The lowest BCUT2D eigenvalue weighted by Crippen LogP contribution is -2.23. The average molecular weight is 327 g/mol. The molecule has 120 valence electrons. The van der Waals surface area contributed by atoms with Gasteiger partial charge in [0.2, 0.25) is 0 Å². The minimum Gasteiger partial charge on any atom is -0.492 e. The molecule has 0 spiro atoms. The van der Waals surface area contributed by atoms with Crippen LogP contribution >= 0.6 is 11.8 Å². The largest absolute Gasteiger partial charge is 0.492 e. The molecule has 1 aliphatic rings. The minimum absolute atomic E-state index is 0.0923. The molecule has 2 aromatic rings. The summed E-state index contributed by atoms with van der Waals surface area (Å²) in [7, 11) is 0. The SMILES string of the molecule is CSc1ccc(CNC(=O)c2ccccc2OCC2CC2)cc1. The summed E-state index contributed by atoms with van der Waals surface area (Å²) in [5, 5.41) is 2.97. The maximum atomic E-state index is 12.4. The number of nitrogens with one attached hydrogen (secondary N) is 1. The molecule has 23 heavy (non-hydrogen) atoms. The maximum Gasteiger partial charge on any atom is 0.255 e. The van der Waals surface area contributed by atoms with E-state index in [0.717, 1.165) is 5.56 Å². The van der Waals surface area contributed by atoms with Crippen molar-refractivity contribution in [1.82, 2.24) is 5.32 Å². The number of carbonyl (C=O) groups is 1. The predicted molar refractivity (Wildman–Crippen MR) is 94.1 cm³/mol. The maximum absolute atomic E-state index is 12.4. The number of benzene rings is 2. The van der Waals surface area contributed by atoms with Crippen LogP contribution < -0.4 is 10.1 Å². The van der Waals surface area contributed by atoms with Crippen LogP contribution in [0.15, 0.2) is 53.4 Å². The molecular weight excluding hydrogens is 306 g/mol. The molecule has 0 unspecified atom stereocenters. The molecule has 0 atom stereocenters. The standard InChI is InChI=1S/C19H21NO2S/c1-23-16-10-8-14(9-11-16)12-20-19(21)17-4-2-3-5-18(17)22-13-15-6-7-15/h2-5,8-11,15H,6-7,12-13H2,1H3,(H,20,21). The number of thioether (sulfide) groups is 1. The molecule has 0 aliphatic heterocycles. The van der Waals surface area contributed by atoms with E-state index in [4.69, 9.17) is 4.74 Å². The number of hydrogen-bond acceptors (Lipinski definition) is 3. The van der Waals surface area contributed by atoms with E-state index in [-0.39, 0.29) is 5.91 Å². The van der Waals surface area contributed by atoms with Gasteiger partial charge in [-0.1, -0.05) is 24.3 Å². The summed E-state index contributed by atoms with van der Waals surface area (Å²) in [5.41, 5.74) is 1.70. The van der Waals surface area contributed by atoms with Gasteiger partial charge in [-0.05, 0) is 54.8 Å². The van der Waals surface area contributed by atoms with Crippen LogP contribution in [0.2, 0.25) is 0 Å². The lowest BCUT2D eigenvalue weighted by molar-refractivity contribution is 0.0946. The van der Waals surface area contributed by atoms with Crippen molar-refractivity contribution in [3.8, 4) is 5.75 Å². The van der Waals surface area contributed by atoms with E-state index in [1.54, 1.807) is 11.8 Å². The van der Waals surface area contributed by atoms with Gasteiger partial charge in [0.1, 0.15) is 5.75 Å². The second kappa shape index (κ2) is 7.55. The molecule has 3 rings (SSSR count). The number of carbonyl (C=O) groups excluding carboxylic acids is 1. The van der Waals surface area contributed by atoms with Gasteiger partial charge < -0.3 is 10.1 Å². The van der Waals surface area contributed by atoms with Crippen LogP contribution in [-0.2, 0) is 6.54 Å². The molecule has 0 saturated heterocycles. The van der Waals surface area contributed by atoms with E-state index < -0.39 is 0 Å². The van der Waals surface area contributed by atoms with Crippen molar-refractivity contribution in [3.05, 3.63) is 59.7 Å². The van der Waals surface area contributed by atoms with Gasteiger partial charge in [-0.25, -0.2) is 0 Å². The zero-order valence-electron chi connectivity index (χ0n) is 13.2. The van der Waals surface area contributed by atoms with E-state index in [1.165, 1.54) is 17.7 Å². The normalized spacial score (nSPS) is 13.6. The molecule has 4 heteroatoms. The Morgan fingerprint density at radius 2 is 1.91 bits per heavy atom. The van der Waals surface area contributed by atoms with E-state index in [2.05, 4.69) is 23.7 Å². The van der Waals surface area contributed by atoms with Gasteiger partial charge in [-0.15, -0.1) is 11.8 Å². The van der Waals surface area contributed by atoms with Gasteiger partial charge in [0.25, 0.3) is 5.91 Å². The highest BCUT2D eigenvalue weighted by atomic mass is 32.2. The van der Waals surface area contributed by atoms with E-state index in [9.17, 15) is 4.79 Å². The number of para-hydroxylation sites is 1. The Kier molecular flexibility index (Phi) is 5.23. The summed E-state index contributed by atoms with van der Waals surface area (Å²) in [5.74, 6) is 1.25. The van der Waals surface area contributed by atoms with Crippen molar-refractivity contribution in [2.45, 2.75) is 24.3 Å².